The maximum absolute atomic E-state index is 12.6. The van der Waals surface area contributed by atoms with Gasteiger partial charge in [-0.15, -0.1) is 0 Å². The van der Waals surface area contributed by atoms with Crippen LogP contribution in [0.15, 0.2) is 48.2 Å². The van der Waals surface area contributed by atoms with Gasteiger partial charge in [0.1, 0.15) is 6.10 Å². The van der Waals surface area contributed by atoms with Crippen molar-refractivity contribution < 1.29 is 23.7 Å². The smallest absolute Gasteiger partial charge is 0.166 e. The maximum Gasteiger partial charge on any atom is 0.166 e. The second-order valence-corrected chi connectivity index (χ2v) is 13.9. The highest BCUT2D eigenvalue weighted by atomic mass is 16.5. The minimum Gasteiger partial charge on any atom is -0.493 e. The first kappa shape index (κ1) is 30.8. The molecule has 2 fully saturated rings. The highest BCUT2D eigenvalue weighted by Crippen LogP contribution is 2.64. The van der Waals surface area contributed by atoms with Crippen LogP contribution in [-0.2, 0) is 21.3 Å². The summed E-state index contributed by atoms with van der Waals surface area (Å²) in [5, 5.41) is 0. The lowest BCUT2D eigenvalue weighted by molar-refractivity contribution is -0.0196. The fraction of sp³-hybridized carbons (Fsp3) is 0.605. The molecule has 6 atom stereocenters. The molecule has 45 heavy (non-hydrogen) atoms. The standard InChI is InChI=1S/C38H50N2O5/c1-5-25(2)26-8-10-27(11-9-26)33(41)7-6-20-43-21-22-44-29-16-18-40(24-29)31-14-13-30-32-23-28-12-15-34(42-4)36-35(28)38(30,37(31)45-36)17-19-39(32)3/h8-12,14-15,25,29-30,32,37H,5-7,13,16-24H2,1-4H3/t25?,29?,30?,32-,37+,38+/m1/s1. The quantitative estimate of drug-likeness (QED) is 0.198. The van der Waals surface area contributed by atoms with Crippen molar-refractivity contribution in [3.63, 3.8) is 0 Å². The van der Waals surface area contributed by atoms with Crippen LogP contribution in [0.2, 0.25) is 0 Å². The SMILES string of the molecule is CCC(C)c1ccc(C(=O)CCCOCCOC2CCN(C3=CCC4[C@H]5Cc6ccc(OC)c7c6[C@@]4(CCN5C)[C@H]3O7)C2)cc1. The molecule has 3 heterocycles. The van der Waals surface area contributed by atoms with Gasteiger partial charge in [-0.3, -0.25) is 4.79 Å². The molecule has 7 nitrogen and oxygen atoms in total. The molecule has 2 saturated heterocycles. The summed E-state index contributed by atoms with van der Waals surface area (Å²) in [5.41, 5.74) is 6.36. The summed E-state index contributed by atoms with van der Waals surface area (Å²) < 4.78 is 24.9. The second kappa shape index (κ2) is 12.7. The summed E-state index contributed by atoms with van der Waals surface area (Å²) in [4.78, 5) is 17.7. The number of rotatable bonds is 13. The number of hydrogen-bond donors (Lipinski definition) is 0. The number of allylic oxidation sites excluding steroid dienone is 1. The molecule has 0 saturated carbocycles. The summed E-state index contributed by atoms with van der Waals surface area (Å²) in [7, 11) is 4.06. The molecular formula is C38H50N2O5. The molecule has 2 aromatic carbocycles. The van der Waals surface area contributed by atoms with Gasteiger partial charge in [-0.2, -0.15) is 0 Å². The second-order valence-electron chi connectivity index (χ2n) is 13.9. The molecule has 2 aliphatic carbocycles. The monoisotopic (exact) mass is 614 g/mol. The molecule has 0 N–H and O–H groups in total. The predicted molar refractivity (Wildman–Crippen MR) is 175 cm³/mol. The predicted octanol–water partition coefficient (Wildman–Crippen LogP) is 6.14. The van der Waals surface area contributed by atoms with Crippen LogP contribution < -0.4 is 9.47 Å². The lowest BCUT2D eigenvalue weighted by atomic mass is 9.52. The van der Waals surface area contributed by atoms with E-state index in [0.29, 0.717) is 44.1 Å². The fourth-order valence-electron chi connectivity index (χ4n) is 8.97. The summed E-state index contributed by atoms with van der Waals surface area (Å²) in [6.45, 7) is 9.10. The van der Waals surface area contributed by atoms with E-state index in [4.69, 9.17) is 18.9 Å². The van der Waals surface area contributed by atoms with Gasteiger partial charge in [0.2, 0.25) is 0 Å². The Hall–Kier alpha value is -2.87. The van der Waals surface area contributed by atoms with Crippen LogP contribution in [0.4, 0.5) is 0 Å². The topological polar surface area (TPSA) is 60.5 Å². The summed E-state index contributed by atoms with van der Waals surface area (Å²) in [5.74, 6) is 3.15. The van der Waals surface area contributed by atoms with E-state index in [2.05, 4.69) is 61.0 Å². The number of ether oxygens (including phenoxy) is 4. The first-order chi connectivity index (χ1) is 21.9. The first-order valence-electron chi connectivity index (χ1n) is 17.3. The van der Waals surface area contributed by atoms with E-state index >= 15 is 0 Å². The molecule has 7 heteroatoms. The third-order valence-electron chi connectivity index (χ3n) is 11.6. The highest BCUT2D eigenvalue weighted by Gasteiger charge is 2.64. The van der Waals surface area contributed by atoms with E-state index in [1.54, 1.807) is 7.11 Å². The number of piperidine rings is 1. The van der Waals surface area contributed by atoms with Gasteiger partial charge in [0.05, 0.1) is 32.1 Å². The Morgan fingerprint density at radius 1 is 1.11 bits per heavy atom. The molecule has 0 radical (unpaired) electrons. The van der Waals surface area contributed by atoms with E-state index in [9.17, 15) is 4.79 Å². The van der Waals surface area contributed by atoms with Crippen LogP contribution >= 0.6 is 0 Å². The number of Topliss-reactive ketones (excluding diaryl/α,β-unsaturated/α-hetero) is 1. The van der Waals surface area contributed by atoms with Crippen LogP contribution in [0.25, 0.3) is 0 Å². The van der Waals surface area contributed by atoms with Crippen LogP contribution in [-0.4, -0.2) is 87.4 Å². The highest BCUT2D eigenvalue weighted by molar-refractivity contribution is 5.96. The molecule has 3 aliphatic heterocycles. The Morgan fingerprint density at radius 3 is 2.76 bits per heavy atom. The van der Waals surface area contributed by atoms with Crippen molar-refractivity contribution in [2.24, 2.45) is 5.92 Å². The fourth-order valence-corrected chi connectivity index (χ4v) is 8.97. The minimum atomic E-state index is 0.0317. The molecule has 1 spiro atoms. The van der Waals surface area contributed by atoms with Gasteiger partial charge in [-0.1, -0.05) is 50.3 Å². The number of nitrogens with zero attached hydrogens (tertiary/aromatic N) is 2. The summed E-state index contributed by atoms with van der Waals surface area (Å²) >= 11 is 0. The number of likely N-dealkylation sites (N-methyl/N-ethyl adjacent to an activating group) is 1. The lowest BCUT2D eigenvalue weighted by Gasteiger charge is -2.57. The largest absolute Gasteiger partial charge is 0.493 e. The van der Waals surface area contributed by atoms with Crippen molar-refractivity contribution in [1.82, 2.24) is 9.80 Å². The number of carbonyl (C=O) groups is 1. The molecule has 0 amide bonds. The van der Waals surface area contributed by atoms with E-state index in [1.807, 2.05) is 12.1 Å². The van der Waals surface area contributed by atoms with Crippen LogP contribution in [0.5, 0.6) is 11.5 Å². The van der Waals surface area contributed by atoms with Crippen LogP contribution in [0.3, 0.4) is 0 Å². The Bertz CT molecular complexity index is 1420. The summed E-state index contributed by atoms with van der Waals surface area (Å²) in [6.07, 6.45) is 9.39. The first-order valence-corrected chi connectivity index (χ1v) is 17.3. The third kappa shape index (κ3) is 5.39. The van der Waals surface area contributed by atoms with Crippen LogP contribution in [0, 0.1) is 5.92 Å². The van der Waals surface area contributed by atoms with Gasteiger partial charge in [0.15, 0.2) is 17.3 Å². The van der Waals surface area contributed by atoms with Crippen LogP contribution in [0.1, 0.15) is 85.3 Å². The van der Waals surface area contributed by atoms with E-state index in [1.165, 1.54) is 22.4 Å². The molecular weight excluding hydrogens is 564 g/mol. The lowest BCUT2D eigenvalue weighted by Crippen LogP contribution is -2.64. The van der Waals surface area contributed by atoms with Gasteiger partial charge in [-0.25, -0.2) is 0 Å². The Morgan fingerprint density at radius 2 is 1.96 bits per heavy atom. The number of carbonyl (C=O) groups excluding carboxylic acids is 1. The summed E-state index contributed by atoms with van der Waals surface area (Å²) in [6, 6.07) is 13.1. The number of likely N-dealkylation sites (tertiary alicyclic amines) is 2. The van der Waals surface area contributed by atoms with Gasteiger partial charge in [-0.05, 0) is 81.1 Å². The maximum atomic E-state index is 12.6. The van der Waals surface area contributed by atoms with Gasteiger partial charge in [0.25, 0.3) is 0 Å². The zero-order chi connectivity index (χ0) is 31.1. The van der Waals surface area contributed by atoms with Crippen molar-refractivity contribution in [2.75, 3.05) is 53.6 Å². The minimum absolute atomic E-state index is 0.0317. The van der Waals surface area contributed by atoms with E-state index < -0.39 is 0 Å². The molecule has 3 unspecified atom stereocenters. The van der Waals surface area contributed by atoms with Crippen molar-refractivity contribution in [3.8, 4) is 11.5 Å². The Labute approximate surface area is 268 Å². The average Bonchev–Trinajstić information content (AvgIpc) is 3.68. The normalized spacial score (nSPS) is 28.8. The van der Waals surface area contributed by atoms with E-state index in [-0.39, 0.29) is 23.4 Å². The molecule has 5 aliphatic rings. The van der Waals surface area contributed by atoms with Crippen molar-refractivity contribution >= 4 is 5.78 Å². The molecule has 2 aromatic rings. The Balaban J connectivity index is 0.894. The number of hydrogen-bond acceptors (Lipinski definition) is 7. The number of ketones is 1. The van der Waals surface area contributed by atoms with Gasteiger partial charge >= 0.3 is 0 Å². The van der Waals surface area contributed by atoms with Crippen molar-refractivity contribution in [1.29, 1.82) is 0 Å². The zero-order valence-electron chi connectivity index (χ0n) is 27.6. The average molecular weight is 615 g/mol. The third-order valence-corrected chi connectivity index (χ3v) is 11.6. The molecule has 7 rings (SSSR count). The van der Waals surface area contributed by atoms with Gasteiger partial charge in [0, 0.05) is 48.7 Å². The number of benzene rings is 2. The van der Waals surface area contributed by atoms with Crippen molar-refractivity contribution in [2.45, 2.75) is 88.4 Å². The van der Waals surface area contributed by atoms with Gasteiger partial charge < -0.3 is 28.7 Å². The van der Waals surface area contributed by atoms with E-state index in [0.717, 1.165) is 75.2 Å². The van der Waals surface area contributed by atoms with Crippen molar-refractivity contribution in [3.05, 3.63) is 70.4 Å². The Kier molecular flexibility index (Phi) is 8.70. The zero-order valence-corrected chi connectivity index (χ0v) is 27.6. The molecule has 2 bridgehead atoms. The molecule has 0 aromatic heterocycles. The molecule has 242 valence electrons. The number of methoxy groups -OCH3 is 1.